The van der Waals surface area contributed by atoms with E-state index in [0.29, 0.717) is 24.2 Å². The standard InChI is InChI=1S/C17H14N4O2/c22-15-8-5-10-9-11(6-7-13(10)19-15)18-17(23)16-12-3-1-2-4-14(12)20-21-16/h1-4,6-7,9H,5,8H2,(H,18,23)(H,19,22)(H,20,21). The molecule has 4 rings (SSSR count). The second kappa shape index (κ2) is 5.24. The number of carbonyl (C=O) groups excluding carboxylic acids is 2. The van der Waals surface area contributed by atoms with Crippen LogP contribution in [0.2, 0.25) is 0 Å². The van der Waals surface area contributed by atoms with Crippen molar-refractivity contribution in [3.8, 4) is 0 Å². The highest BCUT2D eigenvalue weighted by molar-refractivity contribution is 6.11. The molecule has 0 saturated carbocycles. The smallest absolute Gasteiger partial charge is 0.276 e. The third-order valence-electron chi connectivity index (χ3n) is 3.94. The Morgan fingerprint density at radius 3 is 2.91 bits per heavy atom. The molecule has 2 amide bonds. The minimum absolute atomic E-state index is 0.0253. The fourth-order valence-electron chi connectivity index (χ4n) is 2.79. The summed E-state index contributed by atoms with van der Waals surface area (Å²) in [6, 6.07) is 13.0. The van der Waals surface area contributed by atoms with Gasteiger partial charge in [-0.2, -0.15) is 5.10 Å². The van der Waals surface area contributed by atoms with E-state index in [-0.39, 0.29) is 11.8 Å². The molecule has 1 aliphatic rings. The minimum Gasteiger partial charge on any atom is -0.326 e. The summed E-state index contributed by atoms with van der Waals surface area (Å²) in [4.78, 5) is 23.8. The van der Waals surface area contributed by atoms with Crippen molar-refractivity contribution in [2.24, 2.45) is 0 Å². The van der Waals surface area contributed by atoms with Crippen molar-refractivity contribution >= 4 is 34.1 Å². The maximum Gasteiger partial charge on any atom is 0.276 e. The number of aryl methyl sites for hydroxylation is 1. The van der Waals surface area contributed by atoms with E-state index < -0.39 is 0 Å². The molecule has 23 heavy (non-hydrogen) atoms. The molecule has 0 unspecified atom stereocenters. The lowest BCUT2D eigenvalue weighted by Gasteiger charge is -2.17. The molecule has 0 aliphatic carbocycles. The van der Waals surface area contributed by atoms with Gasteiger partial charge in [-0.3, -0.25) is 14.7 Å². The van der Waals surface area contributed by atoms with Gasteiger partial charge in [0.15, 0.2) is 5.69 Å². The summed E-state index contributed by atoms with van der Waals surface area (Å²) >= 11 is 0. The number of nitrogens with one attached hydrogen (secondary N) is 3. The second-order valence-corrected chi connectivity index (χ2v) is 5.49. The van der Waals surface area contributed by atoms with E-state index in [1.54, 1.807) is 6.07 Å². The van der Waals surface area contributed by atoms with E-state index >= 15 is 0 Å². The lowest BCUT2D eigenvalue weighted by Crippen LogP contribution is -2.19. The molecular formula is C17H14N4O2. The Hall–Kier alpha value is -3.15. The molecule has 0 bridgehead atoms. The number of rotatable bonds is 2. The van der Waals surface area contributed by atoms with Gasteiger partial charge in [-0.25, -0.2) is 0 Å². The number of carbonyl (C=O) groups is 2. The molecule has 1 aliphatic heterocycles. The highest BCUT2D eigenvalue weighted by atomic mass is 16.2. The summed E-state index contributed by atoms with van der Waals surface area (Å²) in [5.41, 5.74) is 3.72. The van der Waals surface area contributed by atoms with Crippen molar-refractivity contribution in [3.63, 3.8) is 0 Å². The SMILES string of the molecule is O=C1CCc2cc(NC(=O)c3n[nH]c4ccccc34)ccc2N1. The van der Waals surface area contributed by atoms with Crippen LogP contribution in [0.3, 0.4) is 0 Å². The largest absolute Gasteiger partial charge is 0.326 e. The highest BCUT2D eigenvalue weighted by Gasteiger charge is 2.17. The summed E-state index contributed by atoms with van der Waals surface area (Å²) in [5, 5.41) is 13.4. The first-order valence-corrected chi connectivity index (χ1v) is 7.38. The lowest BCUT2D eigenvalue weighted by molar-refractivity contribution is -0.116. The van der Waals surface area contributed by atoms with Crippen LogP contribution in [0, 0.1) is 0 Å². The minimum atomic E-state index is -0.262. The van der Waals surface area contributed by atoms with Crippen LogP contribution >= 0.6 is 0 Å². The van der Waals surface area contributed by atoms with E-state index in [9.17, 15) is 9.59 Å². The third kappa shape index (κ3) is 2.44. The van der Waals surface area contributed by atoms with Crippen LogP contribution < -0.4 is 10.6 Å². The van der Waals surface area contributed by atoms with Gasteiger partial charge >= 0.3 is 0 Å². The van der Waals surface area contributed by atoms with E-state index in [4.69, 9.17) is 0 Å². The molecule has 0 saturated heterocycles. The molecule has 0 atom stereocenters. The number of amides is 2. The number of anilines is 2. The predicted octanol–water partition coefficient (Wildman–Crippen LogP) is 2.70. The van der Waals surface area contributed by atoms with Crippen molar-refractivity contribution < 1.29 is 9.59 Å². The highest BCUT2D eigenvalue weighted by Crippen LogP contribution is 2.26. The summed E-state index contributed by atoms with van der Waals surface area (Å²) in [6.45, 7) is 0. The van der Waals surface area contributed by atoms with Gasteiger partial charge in [0.1, 0.15) is 0 Å². The predicted molar refractivity (Wildman–Crippen MR) is 87.4 cm³/mol. The molecule has 0 spiro atoms. The molecular weight excluding hydrogens is 292 g/mol. The summed E-state index contributed by atoms with van der Waals surface area (Å²) in [5.74, 6) is -0.237. The number of nitrogens with zero attached hydrogens (tertiary/aromatic N) is 1. The molecule has 6 nitrogen and oxygen atoms in total. The maximum absolute atomic E-state index is 12.4. The molecule has 3 N–H and O–H groups in total. The first kappa shape index (κ1) is 13.5. The van der Waals surface area contributed by atoms with Gasteiger partial charge in [0.25, 0.3) is 5.91 Å². The molecule has 6 heteroatoms. The molecule has 2 aromatic carbocycles. The van der Waals surface area contributed by atoms with Crippen molar-refractivity contribution in [1.82, 2.24) is 10.2 Å². The van der Waals surface area contributed by atoms with Crippen LogP contribution in [-0.4, -0.2) is 22.0 Å². The van der Waals surface area contributed by atoms with Crippen molar-refractivity contribution in [1.29, 1.82) is 0 Å². The first-order chi connectivity index (χ1) is 11.2. The van der Waals surface area contributed by atoms with Gasteiger partial charge in [0.2, 0.25) is 5.91 Å². The molecule has 1 aromatic heterocycles. The number of hydrogen-bond acceptors (Lipinski definition) is 3. The Morgan fingerprint density at radius 1 is 1.13 bits per heavy atom. The maximum atomic E-state index is 12.4. The Balaban J connectivity index is 1.60. The van der Waals surface area contributed by atoms with Crippen molar-refractivity contribution in [2.75, 3.05) is 10.6 Å². The number of H-pyrrole nitrogens is 1. The molecule has 3 aromatic rings. The second-order valence-electron chi connectivity index (χ2n) is 5.49. The van der Waals surface area contributed by atoms with Crippen LogP contribution in [0.5, 0.6) is 0 Å². The Bertz CT molecular complexity index is 929. The van der Waals surface area contributed by atoms with Crippen LogP contribution in [0.4, 0.5) is 11.4 Å². The molecule has 2 heterocycles. The number of hydrogen-bond donors (Lipinski definition) is 3. The van der Waals surface area contributed by atoms with Crippen LogP contribution in [0.1, 0.15) is 22.5 Å². The van der Waals surface area contributed by atoms with Crippen molar-refractivity contribution in [2.45, 2.75) is 12.8 Å². The van der Waals surface area contributed by atoms with E-state index in [2.05, 4.69) is 20.8 Å². The zero-order valence-electron chi connectivity index (χ0n) is 12.2. The van der Waals surface area contributed by atoms with E-state index in [0.717, 1.165) is 22.2 Å². The van der Waals surface area contributed by atoms with Gasteiger partial charge < -0.3 is 10.6 Å². The quantitative estimate of drug-likeness (QED) is 0.680. The van der Waals surface area contributed by atoms with Gasteiger partial charge in [-0.15, -0.1) is 0 Å². The monoisotopic (exact) mass is 306 g/mol. The number of para-hydroxylation sites is 1. The fourth-order valence-corrected chi connectivity index (χ4v) is 2.79. The van der Waals surface area contributed by atoms with Crippen LogP contribution in [0.25, 0.3) is 10.9 Å². The van der Waals surface area contributed by atoms with E-state index in [1.807, 2.05) is 36.4 Å². The van der Waals surface area contributed by atoms with Gasteiger partial charge in [0.05, 0.1) is 5.52 Å². The van der Waals surface area contributed by atoms with Gasteiger partial charge in [0, 0.05) is 23.2 Å². The number of fused-ring (bicyclic) bond motifs is 2. The zero-order valence-corrected chi connectivity index (χ0v) is 12.2. The first-order valence-electron chi connectivity index (χ1n) is 7.38. The number of benzene rings is 2. The number of aromatic nitrogens is 2. The normalized spacial score (nSPS) is 13.5. The zero-order chi connectivity index (χ0) is 15.8. The average molecular weight is 306 g/mol. The average Bonchev–Trinajstić information content (AvgIpc) is 2.99. The third-order valence-corrected chi connectivity index (χ3v) is 3.94. The van der Waals surface area contributed by atoms with Crippen LogP contribution in [-0.2, 0) is 11.2 Å². The Kier molecular flexibility index (Phi) is 3.08. The molecule has 114 valence electrons. The van der Waals surface area contributed by atoms with Gasteiger partial charge in [-0.1, -0.05) is 18.2 Å². The van der Waals surface area contributed by atoms with Crippen molar-refractivity contribution in [3.05, 3.63) is 53.7 Å². The summed E-state index contributed by atoms with van der Waals surface area (Å²) in [6.07, 6.45) is 1.14. The van der Waals surface area contributed by atoms with Crippen LogP contribution in [0.15, 0.2) is 42.5 Å². The lowest BCUT2D eigenvalue weighted by atomic mass is 10.0. The topological polar surface area (TPSA) is 86.9 Å². The molecule has 0 radical (unpaired) electrons. The Morgan fingerprint density at radius 2 is 2.00 bits per heavy atom. The number of aromatic amines is 1. The van der Waals surface area contributed by atoms with Gasteiger partial charge in [-0.05, 0) is 36.2 Å². The summed E-state index contributed by atoms with van der Waals surface area (Å²) in [7, 11) is 0. The van der Waals surface area contributed by atoms with E-state index in [1.165, 1.54) is 0 Å². The molecule has 0 fully saturated rings. The summed E-state index contributed by atoms with van der Waals surface area (Å²) < 4.78 is 0. The Labute approximate surface area is 131 Å². The fraction of sp³-hybridized carbons (Fsp3) is 0.118.